The van der Waals surface area contributed by atoms with Gasteiger partial charge in [-0.1, -0.05) is 12.1 Å². The van der Waals surface area contributed by atoms with Gasteiger partial charge in [0.25, 0.3) is 0 Å². The number of hydrogen-bond acceptors (Lipinski definition) is 3. The van der Waals surface area contributed by atoms with E-state index in [1.807, 2.05) is 12.1 Å². The van der Waals surface area contributed by atoms with Crippen LogP contribution in [0.25, 0.3) is 0 Å². The molecule has 2 amide bonds. The number of carbonyl (C=O) groups is 1. The molecule has 0 aliphatic rings. The Morgan fingerprint density at radius 1 is 1.47 bits per heavy atom. The van der Waals surface area contributed by atoms with E-state index in [-0.39, 0.29) is 6.03 Å². The normalized spacial score (nSPS) is 9.40. The summed E-state index contributed by atoms with van der Waals surface area (Å²) in [6.45, 7) is 0.829. The quantitative estimate of drug-likeness (QED) is 0.501. The highest BCUT2D eigenvalue weighted by molar-refractivity contribution is 5.73. The van der Waals surface area contributed by atoms with E-state index in [0.29, 0.717) is 24.6 Å². The Kier molecular flexibility index (Phi) is 4.28. The fraction of sp³-hybridized carbons (Fsp3) is 0.300. The lowest BCUT2D eigenvalue weighted by molar-refractivity contribution is 0.238. The lowest BCUT2D eigenvalue weighted by Gasteiger charge is -2.08. The van der Waals surface area contributed by atoms with E-state index in [0.717, 1.165) is 0 Å². The van der Waals surface area contributed by atoms with Crippen LogP contribution >= 0.6 is 0 Å². The first kappa shape index (κ1) is 11.2. The van der Waals surface area contributed by atoms with Gasteiger partial charge in [-0.15, -0.1) is 0 Å². The number of hydrogen-bond donors (Lipinski definition) is 3. The number of nitrogen functional groups attached to an aromatic ring is 1. The summed E-state index contributed by atoms with van der Waals surface area (Å²) in [6.07, 6.45) is 0. The minimum Gasteiger partial charge on any atom is -0.490 e. The average Bonchev–Trinajstić information content (AvgIpc) is 2.26. The molecule has 0 radical (unpaired) electrons. The molecule has 0 spiro atoms. The predicted octanol–water partition coefficient (Wildman–Crippen LogP) is 0.577. The summed E-state index contributed by atoms with van der Waals surface area (Å²) < 4.78 is 5.36. The number of nitrogens with two attached hydrogens (primary N) is 1. The minimum atomic E-state index is -0.223. The zero-order valence-electron chi connectivity index (χ0n) is 8.62. The molecular weight excluding hydrogens is 194 g/mol. The maximum atomic E-state index is 10.8. The van der Waals surface area contributed by atoms with Gasteiger partial charge in [0, 0.05) is 7.05 Å². The molecule has 1 aromatic carbocycles. The monoisotopic (exact) mass is 209 g/mol. The third-order valence-corrected chi connectivity index (χ3v) is 1.79. The summed E-state index contributed by atoms with van der Waals surface area (Å²) in [5.74, 6) is 0.635. The molecule has 0 aromatic heterocycles. The van der Waals surface area contributed by atoms with E-state index >= 15 is 0 Å². The van der Waals surface area contributed by atoms with Crippen molar-refractivity contribution in [2.24, 2.45) is 0 Å². The highest BCUT2D eigenvalue weighted by atomic mass is 16.5. The summed E-state index contributed by atoms with van der Waals surface area (Å²) in [4.78, 5) is 10.8. The van der Waals surface area contributed by atoms with Crippen molar-refractivity contribution >= 4 is 11.7 Å². The molecule has 82 valence electrons. The van der Waals surface area contributed by atoms with Crippen LogP contribution in [0.2, 0.25) is 0 Å². The largest absolute Gasteiger partial charge is 0.490 e. The standard InChI is InChI=1S/C10H15N3O2/c1-12-10(14)13-6-7-15-9-5-3-2-4-8(9)11/h2-5H,6-7,11H2,1H3,(H2,12,13,14). The first-order valence-corrected chi connectivity index (χ1v) is 4.67. The zero-order valence-corrected chi connectivity index (χ0v) is 8.62. The second kappa shape index (κ2) is 5.74. The summed E-state index contributed by atoms with van der Waals surface area (Å²) in [6, 6.07) is 7.01. The number of para-hydroxylation sites is 2. The van der Waals surface area contributed by atoms with E-state index in [2.05, 4.69) is 10.6 Å². The van der Waals surface area contributed by atoms with E-state index in [4.69, 9.17) is 10.5 Å². The lowest BCUT2D eigenvalue weighted by Crippen LogP contribution is -2.35. The molecule has 0 heterocycles. The Morgan fingerprint density at radius 2 is 2.20 bits per heavy atom. The summed E-state index contributed by atoms with van der Waals surface area (Å²) in [5, 5.41) is 5.05. The van der Waals surface area contributed by atoms with Gasteiger partial charge in [-0.05, 0) is 12.1 Å². The number of urea groups is 1. The van der Waals surface area contributed by atoms with Gasteiger partial charge in [0.15, 0.2) is 0 Å². The Balaban J connectivity index is 2.26. The van der Waals surface area contributed by atoms with Gasteiger partial charge >= 0.3 is 6.03 Å². The van der Waals surface area contributed by atoms with Crippen LogP contribution < -0.4 is 21.1 Å². The van der Waals surface area contributed by atoms with E-state index in [1.165, 1.54) is 0 Å². The number of benzene rings is 1. The average molecular weight is 209 g/mol. The van der Waals surface area contributed by atoms with Gasteiger partial charge < -0.3 is 21.1 Å². The molecule has 0 saturated heterocycles. The SMILES string of the molecule is CNC(=O)NCCOc1ccccc1N. The molecular formula is C10H15N3O2. The smallest absolute Gasteiger partial charge is 0.314 e. The first-order chi connectivity index (χ1) is 7.24. The molecule has 0 bridgehead atoms. The van der Waals surface area contributed by atoms with E-state index in [1.54, 1.807) is 19.2 Å². The molecule has 5 nitrogen and oxygen atoms in total. The van der Waals surface area contributed by atoms with Crippen molar-refractivity contribution in [3.63, 3.8) is 0 Å². The van der Waals surface area contributed by atoms with Crippen LogP contribution in [0, 0.1) is 0 Å². The predicted molar refractivity (Wildman–Crippen MR) is 58.8 cm³/mol. The maximum absolute atomic E-state index is 10.8. The van der Waals surface area contributed by atoms with E-state index in [9.17, 15) is 4.79 Å². The Morgan fingerprint density at radius 3 is 2.87 bits per heavy atom. The van der Waals surface area contributed by atoms with E-state index < -0.39 is 0 Å². The molecule has 0 aliphatic carbocycles. The van der Waals surface area contributed by atoms with Gasteiger partial charge in [0.2, 0.25) is 0 Å². The third kappa shape index (κ3) is 3.76. The topological polar surface area (TPSA) is 76.4 Å². The number of anilines is 1. The van der Waals surface area contributed by atoms with Crippen molar-refractivity contribution < 1.29 is 9.53 Å². The summed E-state index contributed by atoms with van der Waals surface area (Å²) in [5.41, 5.74) is 6.26. The van der Waals surface area contributed by atoms with Gasteiger partial charge in [-0.25, -0.2) is 4.79 Å². The number of rotatable bonds is 4. The van der Waals surface area contributed by atoms with Crippen LogP contribution in [-0.2, 0) is 0 Å². The molecule has 0 saturated carbocycles. The molecule has 0 unspecified atom stereocenters. The molecule has 5 heteroatoms. The van der Waals surface area contributed by atoms with Crippen molar-refractivity contribution in [2.45, 2.75) is 0 Å². The van der Waals surface area contributed by atoms with Crippen molar-refractivity contribution in [1.29, 1.82) is 0 Å². The molecule has 0 atom stereocenters. The summed E-state index contributed by atoms with van der Waals surface area (Å²) >= 11 is 0. The fourth-order valence-electron chi connectivity index (χ4n) is 1.03. The number of carbonyl (C=O) groups excluding carboxylic acids is 1. The second-order valence-corrected chi connectivity index (χ2v) is 2.89. The molecule has 0 aliphatic heterocycles. The molecule has 4 N–H and O–H groups in total. The van der Waals surface area contributed by atoms with Crippen LogP contribution in [0.3, 0.4) is 0 Å². The van der Waals surface area contributed by atoms with Crippen LogP contribution in [-0.4, -0.2) is 26.2 Å². The van der Waals surface area contributed by atoms with Crippen molar-refractivity contribution in [1.82, 2.24) is 10.6 Å². The number of amides is 2. The van der Waals surface area contributed by atoms with Crippen LogP contribution in [0.15, 0.2) is 24.3 Å². The molecule has 15 heavy (non-hydrogen) atoms. The Labute approximate surface area is 88.6 Å². The van der Waals surface area contributed by atoms with Gasteiger partial charge in [0.05, 0.1) is 12.2 Å². The first-order valence-electron chi connectivity index (χ1n) is 4.67. The molecule has 1 aromatic rings. The molecule has 0 fully saturated rings. The van der Waals surface area contributed by atoms with Crippen molar-refractivity contribution in [2.75, 3.05) is 25.9 Å². The second-order valence-electron chi connectivity index (χ2n) is 2.89. The highest BCUT2D eigenvalue weighted by Gasteiger charge is 1.98. The molecule has 1 rings (SSSR count). The van der Waals surface area contributed by atoms with Crippen LogP contribution in [0.1, 0.15) is 0 Å². The van der Waals surface area contributed by atoms with Gasteiger partial charge in [-0.2, -0.15) is 0 Å². The minimum absolute atomic E-state index is 0.223. The Hall–Kier alpha value is -1.91. The summed E-state index contributed by atoms with van der Waals surface area (Å²) in [7, 11) is 1.56. The van der Waals surface area contributed by atoms with Gasteiger partial charge in [-0.3, -0.25) is 0 Å². The maximum Gasteiger partial charge on any atom is 0.314 e. The lowest BCUT2D eigenvalue weighted by atomic mass is 10.3. The van der Waals surface area contributed by atoms with Gasteiger partial charge in [0.1, 0.15) is 12.4 Å². The zero-order chi connectivity index (χ0) is 11.1. The highest BCUT2D eigenvalue weighted by Crippen LogP contribution is 2.19. The van der Waals surface area contributed by atoms with Crippen LogP contribution in [0.4, 0.5) is 10.5 Å². The van der Waals surface area contributed by atoms with Crippen LogP contribution in [0.5, 0.6) is 5.75 Å². The number of nitrogens with one attached hydrogen (secondary N) is 2. The fourth-order valence-corrected chi connectivity index (χ4v) is 1.03. The third-order valence-electron chi connectivity index (χ3n) is 1.79. The van der Waals surface area contributed by atoms with Crippen molar-refractivity contribution in [3.8, 4) is 5.75 Å². The van der Waals surface area contributed by atoms with Crippen molar-refractivity contribution in [3.05, 3.63) is 24.3 Å². The number of ether oxygens (including phenoxy) is 1. The Bertz CT molecular complexity index is 328.